The Balaban J connectivity index is 1.70. The van der Waals surface area contributed by atoms with E-state index in [1.165, 1.54) is 0 Å². The summed E-state index contributed by atoms with van der Waals surface area (Å²) in [6.45, 7) is 3.82. The van der Waals surface area contributed by atoms with Crippen molar-refractivity contribution in [2.24, 2.45) is 0 Å². The SMILES string of the molecule is COC[C@H]1CO[C@@H](C(=O)N(C2CC2)[C@H](C)c2cc(CCCNC(=O)O)nc(OC)c2)CN1. The van der Waals surface area contributed by atoms with Gasteiger partial charge in [-0.25, -0.2) is 9.78 Å². The summed E-state index contributed by atoms with van der Waals surface area (Å²) < 4.78 is 16.4. The molecule has 2 fully saturated rings. The zero-order valence-electron chi connectivity index (χ0n) is 19.0. The molecule has 3 rings (SSSR count). The Morgan fingerprint density at radius 1 is 1.38 bits per heavy atom. The Labute approximate surface area is 188 Å². The van der Waals surface area contributed by atoms with E-state index in [1.54, 1.807) is 14.2 Å². The number of methoxy groups -OCH3 is 2. The molecule has 2 amide bonds. The monoisotopic (exact) mass is 450 g/mol. The van der Waals surface area contributed by atoms with E-state index in [0.29, 0.717) is 45.0 Å². The second-order valence-corrected chi connectivity index (χ2v) is 8.30. The van der Waals surface area contributed by atoms with Crippen LogP contribution in [0.5, 0.6) is 5.88 Å². The third-order valence-corrected chi connectivity index (χ3v) is 5.80. The number of carbonyl (C=O) groups excluding carboxylic acids is 1. The van der Waals surface area contributed by atoms with Crippen LogP contribution in [0.1, 0.15) is 43.5 Å². The van der Waals surface area contributed by atoms with Gasteiger partial charge in [-0.3, -0.25) is 4.79 Å². The smallest absolute Gasteiger partial charge is 0.404 e. The van der Waals surface area contributed by atoms with E-state index < -0.39 is 12.2 Å². The molecule has 0 bridgehead atoms. The van der Waals surface area contributed by atoms with Crippen molar-refractivity contribution >= 4 is 12.0 Å². The predicted octanol–water partition coefficient (Wildman–Crippen LogP) is 1.35. The van der Waals surface area contributed by atoms with Crippen molar-refractivity contribution < 1.29 is 28.9 Å². The lowest BCUT2D eigenvalue weighted by Crippen LogP contribution is -2.55. The fourth-order valence-electron chi connectivity index (χ4n) is 3.98. The molecule has 0 aromatic carbocycles. The largest absolute Gasteiger partial charge is 0.481 e. The van der Waals surface area contributed by atoms with Crippen molar-refractivity contribution in [3.05, 3.63) is 23.4 Å². The van der Waals surface area contributed by atoms with E-state index >= 15 is 0 Å². The van der Waals surface area contributed by atoms with E-state index in [0.717, 1.165) is 24.1 Å². The molecule has 178 valence electrons. The molecule has 0 radical (unpaired) electrons. The minimum Gasteiger partial charge on any atom is -0.481 e. The van der Waals surface area contributed by atoms with Crippen molar-refractivity contribution in [3.63, 3.8) is 0 Å². The molecule has 2 aliphatic rings. The number of rotatable bonds is 11. The predicted molar refractivity (Wildman–Crippen MR) is 117 cm³/mol. The normalized spacial score (nSPS) is 21.6. The molecule has 1 aliphatic carbocycles. The van der Waals surface area contributed by atoms with Crippen LogP contribution in [0.15, 0.2) is 12.1 Å². The summed E-state index contributed by atoms with van der Waals surface area (Å²) in [6.07, 6.45) is 1.64. The van der Waals surface area contributed by atoms with Gasteiger partial charge < -0.3 is 34.9 Å². The molecular weight excluding hydrogens is 416 g/mol. The molecule has 10 heteroatoms. The summed E-state index contributed by atoms with van der Waals surface area (Å²) in [7, 11) is 3.21. The van der Waals surface area contributed by atoms with Crippen LogP contribution >= 0.6 is 0 Å². The van der Waals surface area contributed by atoms with Crippen molar-refractivity contribution in [3.8, 4) is 5.88 Å². The molecule has 3 N–H and O–H groups in total. The molecule has 32 heavy (non-hydrogen) atoms. The van der Waals surface area contributed by atoms with Crippen molar-refractivity contribution in [1.82, 2.24) is 20.5 Å². The fraction of sp³-hybridized carbons (Fsp3) is 0.682. The Kier molecular flexibility index (Phi) is 8.66. The number of pyridine rings is 1. The van der Waals surface area contributed by atoms with Gasteiger partial charge in [0, 0.05) is 38.0 Å². The van der Waals surface area contributed by atoms with Gasteiger partial charge in [-0.2, -0.15) is 0 Å². The van der Waals surface area contributed by atoms with Gasteiger partial charge in [0.1, 0.15) is 6.10 Å². The first-order valence-corrected chi connectivity index (χ1v) is 11.1. The van der Waals surface area contributed by atoms with E-state index in [2.05, 4.69) is 15.6 Å². The Hall–Kier alpha value is -2.43. The van der Waals surface area contributed by atoms with Crippen LogP contribution in [0.3, 0.4) is 0 Å². The first-order chi connectivity index (χ1) is 15.4. The van der Waals surface area contributed by atoms with Crippen LogP contribution < -0.4 is 15.4 Å². The van der Waals surface area contributed by atoms with Crippen LogP contribution in [-0.4, -0.2) is 85.7 Å². The van der Waals surface area contributed by atoms with Gasteiger partial charge in [0.05, 0.1) is 32.4 Å². The highest BCUT2D eigenvalue weighted by molar-refractivity contribution is 5.82. The molecule has 0 spiro atoms. The molecule has 3 atom stereocenters. The van der Waals surface area contributed by atoms with Gasteiger partial charge in [0.25, 0.3) is 5.91 Å². The number of hydrogen-bond donors (Lipinski definition) is 3. The van der Waals surface area contributed by atoms with Crippen LogP contribution in [0.4, 0.5) is 4.79 Å². The quantitative estimate of drug-likeness (QED) is 0.432. The molecule has 1 aromatic rings. The Morgan fingerprint density at radius 2 is 2.16 bits per heavy atom. The zero-order valence-corrected chi connectivity index (χ0v) is 19.0. The average molecular weight is 451 g/mol. The van der Waals surface area contributed by atoms with Crippen LogP contribution in [-0.2, 0) is 20.7 Å². The highest BCUT2D eigenvalue weighted by Gasteiger charge is 2.40. The van der Waals surface area contributed by atoms with Crippen LogP contribution in [0, 0.1) is 0 Å². The average Bonchev–Trinajstić information content (AvgIpc) is 3.62. The number of hydrogen-bond acceptors (Lipinski definition) is 7. The molecular formula is C22H34N4O6. The topological polar surface area (TPSA) is 122 Å². The number of nitrogens with zero attached hydrogens (tertiary/aromatic N) is 2. The van der Waals surface area contributed by atoms with Crippen molar-refractivity contribution in [1.29, 1.82) is 0 Å². The maximum Gasteiger partial charge on any atom is 0.404 e. The van der Waals surface area contributed by atoms with E-state index in [-0.39, 0.29) is 24.0 Å². The Bertz CT molecular complexity index is 780. The second kappa shape index (κ2) is 11.4. The number of aromatic nitrogens is 1. The van der Waals surface area contributed by atoms with Gasteiger partial charge >= 0.3 is 6.09 Å². The number of carboxylic acid groups (broad SMARTS) is 1. The molecule has 1 aliphatic heterocycles. The summed E-state index contributed by atoms with van der Waals surface area (Å²) in [5, 5.41) is 14.4. The molecule has 2 heterocycles. The fourth-order valence-corrected chi connectivity index (χ4v) is 3.98. The van der Waals surface area contributed by atoms with E-state index in [1.807, 2.05) is 24.0 Å². The lowest BCUT2D eigenvalue weighted by Gasteiger charge is -2.36. The first-order valence-electron chi connectivity index (χ1n) is 11.1. The van der Waals surface area contributed by atoms with Crippen LogP contribution in [0.2, 0.25) is 0 Å². The highest BCUT2D eigenvalue weighted by Crippen LogP contribution is 2.36. The van der Waals surface area contributed by atoms with Gasteiger partial charge in [-0.05, 0) is 44.2 Å². The van der Waals surface area contributed by atoms with Gasteiger partial charge in [0.2, 0.25) is 5.88 Å². The molecule has 10 nitrogen and oxygen atoms in total. The van der Waals surface area contributed by atoms with Crippen molar-refractivity contribution in [2.75, 3.05) is 40.5 Å². The van der Waals surface area contributed by atoms with Gasteiger partial charge in [0.15, 0.2) is 0 Å². The molecule has 1 saturated heterocycles. The Morgan fingerprint density at radius 3 is 2.75 bits per heavy atom. The molecule has 0 unspecified atom stereocenters. The minimum atomic E-state index is -1.04. The van der Waals surface area contributed by atoms with E-state index in [4.69, 9.17) is 19.3 Å². The third-order valence-electron chi connectivity index (χ3n) is 5.80. The highest BCUT2D eigenvalue weighted by atomic mass is 16.5. The number of ether oxygens (including phenoxy) is 3. The zero-order chi connectivity index (χ0) is 23.1. The lowest BCUT2D eigenvalue weighted by atomic mass is 10.0. The molecule has 1 aromatic heterocycles. The third kappa shape index (κ3) is 6.54. The van der Waals surface area contributed by atoms with E-state index in [9.17, 15) is 9.59 Å². The minimum absolute atomic E-state index is 0.00801. The molecule has 1 saturated carbocycles. The summed E-state index contributed by atoms with van der Waals surface area (Å²) in [6, 6.07) is 3.98. The first kappa shape index (κ1) is 24.2. The summed E-state index contributed by atoms with van der Waals surface area (Å²) in [5.74, 6) is 0.475. The number of morpholine rings is 1. The lowest BCUT2D eigenvalue weighted by molar-refractivity contribution is -0.150. The van der Waals surface area contributed by atoms with Crippen molar-refractivity contribution in [2.45, 2.75) is 56.8 Å². The maximum absolute atomic E-state index is 13.4. The maximum atomic E-state index is 13.4. The number of nitrogens with one attached hydrogen (secondary N) is 2. The van der Waals surface area contributed by atoms with Gasteiger partial charge in [-0.15, -0.1) is 0 Å². The summed E-state index contributed by atoms with van der Waals surface area (Å²) >= 11 is 0. The number of carbonyl (C=O) groups is 2. The standard InChI is InChI=1S/C22H34N4O6/c1-14(15-9-16(25-20(10-15)31-3)5-4-8-23-22(28)29)26(18-6-7-18)21(27)19-11-24-17(12-30-2)13-32-19/h9-10,14,17-19,23-24H,4-8,11-13H2,1-3H3,(H,28,29)/t14-,17+,19-/m1/s1. The number of aryl methyl sites for hydroxylation is 1. The summed E-state index contributed by atoms with van der Waals surface area (Å²) in [4.78, 5) is 30.5. The van der Waals surface area contributed by atoms with Gasteiger partial charge in [-0.1, -0.05) is 0 Å². The van der Waals surface area contributed by atoms with Crippen LogP contribution in [0.25, 0.3) is 0 Å². The second-order valence-electron chi connectivity index (χ2n) is 8.30. The number of amides is 2. The summed E-state index contributed by atoms with van der Waals surface area (Å²) in [5.41, 5.74) is 1.75.